The molecule has 0 bridgehead atoms. The molecule has 0 aliphatic carbocycles. The molecule has 0 amide bonds. The van der Waals surface area contributed by atoms with E-state index in [2.05, 4.69) is 4.98 Å². The highest BCUT2D eigenvalue weighted by Gasteiger charge is 2.20. The number of aromatic amines is 1. The Morgan fingerprint density at radius 1 is 1.22 bits per heavy atom. The molecule has 5 nitrogen and oxygen atoms in total. The minimum Gasteiger partial charge on any atom is -0.497 e. The zero-order valence-electron chi connectivity index (χ0n) is 13.0. The van der Waals surface area contributed by atoms with E-state index in [-0.39, 0.29) is 0 Å². The first-order valence-electron chi connectivity index (χ1n) is 7.31. The molecule has 1 aromatic carbocycles. The van der Waals surface area contributed by atoms with Crippen LogP contribution < -0.4 is 4.74 Å². The van der Waals surface area contributed by atoms with Gasteiger partial charge < -0.3 is 18.9 Å². The Kier molecular flexibility index (Phi) is 4.19. The van der Waals surface area contributed by atoms with Crippen LogP contribution in [0.3, 0.4) is 0 Å². The van der Waals surface area contributed by atoms with E-state index in [0.717, 1.165) is 17.0 Å². The molecule has 2 heterocycles. The Balaban J connectivity index is 2.04. The van der Waals surface area contributed by atoms with E-state index in [1.165, 1.54) is 0 Å². The second-order valence-electron chi connectivity index (χ2n) is 4.90. The van der Waals surface area contributed by atoms with Gasteiger partial charge in [-0.2, -0.15) is 0 Å². The molecule has 3 rings (SSSR count). The summed E-state index contributed by atoms with van der Waals surface area (Å²) >= 11 is 0. The number of ether oxygens (including phenoxy) is 2. The smallest absolute Gasteiger partial charge is 0.355 e. The second-order valence-corrected chi connectivity index (χ2v) is 4.90. The highest BCUT2D eigenvalue weighted by atomic mass is 16.5. The lowest BCUT2D eigenvalue weighted by molar-refractivity contribution is 0.0521. The number of esters is 1. The van der Waals surface area contributed by atoms with Crippen LogP contribution in [0.1, 0.15) is 17.4 Å². The van der Waals surface area contributed by atoms with Gasteiger partial charge in [0.1, 0.15) is 17.2 Å². The Morgan fingerprint density at radius 3 is 2.61 bits per heavy atom. The van der Waals surface area contributed by atoms with Crippen molar-refractivity contribution in [3.05, 3.63) is 54.4 Å². The van der Waals surface area contributed by atoms with Gasteiger partial charge in [-0.25, -0.2) is 4.79 Å². The number of hydrogen-bond acceptors (Lipinski definition) is 4. The van der Waals surface area contributed by atoms with E-state index >= 15 is 0 Å². The van der Waals surface area contributed by atoms with Gasteiger partial charge in [0.25, 0.3) is 0 Å². The van der Waals surface area contributed by atoms with Crippen molar-refractivity contribution in [3.8, 4) is 28.3 Å². The molecule has 118 valence electrons. The number of furan rings is 1. The van der Waals surface area contributed by atoms with Crippen molar-refractivity contribution < 1.29 is 18.7 Å². The summed E-state index contributed by atoms with van der Waals surface area (Å²) in [6.45, 7) is 2.09. The SMILES string of the molecule is CCOC(=O)c1[nH]c(-c2ccc(OC)cc2)cc1-c1ccco1. The van der Waals surface area contributed by atoms with E-state index in [4.69, 9.17) is 13.9 Å². The number of carbonyl (C=O) groups is 1. The van der Waals surface area contributed by atoms with Gasteiger partial charge in [0.2, 0.25) is 0 Å². The molecule has 0 radical (unpaired) electrons. The zero-order valence-corrected chi connectivity index (χ0v) is 13.0. The molecule has 0 aliphatic rings. The fourth-order valence-corrected chi connectivity index (χ4v) is 2.37. The van der Waals surface area contributed by atoms with E-state index in [9.17, 15) is 4.79 Å². The summed E-state index contributed by atoms with van der Waals surface area (Å²) in [6.07, 6.45) is 1.57. The predicted molar refractivity (Wildman–Crippen MR) is 86.4 cm³/mol. The summed E-state index contributed by atoms with van der Waals surface area (Å²) in [5.74, 6) is 0.986. The molecule has 0 saturated heterocycles. The molecule has 0 unspecified atom stereocenters. The first kappa shape index (κ1) is 15.0. The monoisotopic (exact) mass is 311 g/mol. The van der Waals surface area contributed by atoms with Gasteiger partial charge in [0.05, 0.1) is 25.5 Å². The Hall–Kier alpha value is -2.95. The molecule has 0 spiro atoms. The number of aromatic nitrogens is 1. The van der Waals surface area contributed by atoms with Crippen LogP contribution in [0.15, 0.2) is 53.1 Å². The van der Waals surface area contributed by atoms with Crippen molar-refractivity contribution in [2.75, 3.05) is 13.7 Å². The van der Waals surface area contributed by atoms with Gasteiger partial charge >= 0.3 is 5.97 Å². The average Bonchev–Trinajstić information content (AvgIpc) is 3.24. The molecule has 0 atom stereocenters. The quantitative estimate of drug-likeness (QED) is 0.720. The standard InChI is InChI=1S/C18H17NO4/c1-3-22-18(20)17-14(16-5-4-10-23-16)11-15(19-17)12-6-8-13(21-2)9-7-12/h4-11,19H,3H2,1-2H3. The summed E-state index contributed by atoms with van der Waals surface area (Å²) in [7, 11) is 1.62. The van der Waals surface area contributed by atoms with Crippen molar-refractivity contribution in [1.82, 2.24) is 4.98 Å². The van der Waals surface area contributed by atoms with Crippen LogP contribution in [-0.4, -0.2) is 24.7 Å². The minimum absolute atomic E-state index is 0.313. The Labute approximate surface area is 133 Å². The molecular formula is C18H17NO4. The highest BCUT2D eigenvalue weighted by Crippen LogP contribution is 2.31. The summed E-state index contributed by atoms with van der Waals surface area (Å²) in [5.41, 5.74) is 2.81. The van der Waals surface area contributed by atoms with Gasteiger partial charge in [-0.3, -0.25) is 0 Å². The number of carbonyl (C=O) groups excluding carboxylic acids is 1. The van der Waals surface area contributed by atoms with Gasteiger partial charge in [-0.05, 0) is 55.0 Å². The molecule has 5 heteroatoms. The molecule has 1 N–H and O–H groups in total. The topological polar surface area (TPSA) is 64.5 Å². The lowest BCUT2D eigenvalue weighted by Crippen LogP contribution is -2.06. The average molecular weight is 311 g/mol. The van der Waals surface area contributed by atoms with Crippen LogP contribution in [0.2, 0.25) is 0 Å². The fourth-order valence-electron chi connectivity index (χ4n) is 2.37. The summed E-state index contributed by atoms with van der Waals surface area (Å²) in [4.78, 5) is 15.3. The maximum atomic E-state index is 12.2. The normalized spacial score (nSPS) is 10.5. The summed E-state index contributed by atoms with van der Waals surface area (Å²) < 4.78 is 15.7. The third-order valence-electron chi connectivity index (χ3n) is 3.48. The number of benzene rings is 1. The number of H-pyrrole nitrogens is 1. The molecule has 0 fully saturated rings. The zero-order chi connectivity index (χ0) is 16.2. The third-order valence-corrected chi connectivity index (χ3v) is 3.48. The van der Waals surface area contributed by atoms with Crippen molar-refractivity contribution >= 4 is 5.97 Å². The highest BCUT2D eigenvalue weighted by molar-refractivity contribution is 5.96. The van der Waals surface area contributed by atoms with Crippen molar-refractivity contribution in [2.24, 2.45) is 0 Å². The van der Waals surface area contributed by atoms with Crippen molar-refractivity contribution in [3.63, 3.8) is 0 Å². The largest absolute Gasteiger partial charge is 0.497 e. The van der Waals surface area contributed by atoms with Gasteiger partial charge in [0.15, 0.2) is 0 Å². The maximum absolute atomic E-state index is 12.2. The Morgan fingerprint density at radius 2 is 2.00 bits per heavy atom. The van der Waals surface area contributed by atoms with Crippen LogP contribution >= 0.6 is 0 Å². The van der Waals surface area contributed by atoms with Gasteiger partial charge in [0, 0.05) is 5.69 Å². The maximum Gasteiger partial charge on any atom is 0.355 e. The van der Waals surface area contributed by atoms with E-state index < -0.39 is 5.97 Å². The van der Waals surface area contributed by atoms with Crippen molar-refractivity contribution in [2.45, 2.75) is 6.92 Å². The third kappa shape index (κ3) is 2.99. The first-order chi connectivity index (χ1) is 11.2. The number of nitrogens with one attached hydrogen (secondary N) is 1. The lowest BCUT2D eigenvalue weighted by Gasteiger charge is -2.02. The lowest BCUT2D eigenvalue weighted by atomic mass is 10.1. The Bertz CT molecular complexity index is 785. The molecule has 0 saturated carbocycles. The molecule has 0 aliphatic heterocycles. The minimum atomic E-state index is -0.404. The van der Waals surface area contributed by atoms with Crippen LogP contribution in [-0.2, 0) is 4.74 Å². The number of methoxy groups -OCH3 is 1. The van der Waals surface area contributed by atoms with Crippen LogP contribution in [0.25, 0.3) is 22.6 Å². The molecule has 23 heavy (non-hydrogen) atoms. The number of hydrogen-bond donors (Lipinski definition) is 1. The molecule has 2 aromatic heterocycles. The second kappa shape index (κ2) is 6.44. The predicted octanol–water partition coefficient (Wildman–Crippen LogP) is 4.13. The number of rotatable bonds is 5. The van der Waals surface area contributed by atoms with E-state index in [1.807, 2.05) is 36.4 Å². The summed E-state index contributed by atoms with van der Waals surface area (Å²) in [6, 6.07) is 13.1. The summed E-state index contributed by atoms with van der Waals surface area (Å²) in [5, 5.41) is 0. The van der Waals surface area contributed by atoms with Crippen molar-refractivity contribution in [1.29, 1.82) is 0 Å². The molecular weight excluding hydrogens is 294 g/mol. The van der Waals surface area contributed by atoms with Crippen LogP contribution in [0.5, 0.6) is 5.75 Å². The van der Waals surface area contributed by atoms with Gasteiger partial charge in [-0.15, -0.1) is 0 Å². The van der Waals surface area contributed by atoms with E-state index in [0.29, 0.717) is 23.6 Å². The van der Waals surface area contributed by atoms with E-state index in [1.54, 1.807) is 26.4 Å². The van der Waals surface area contributed by atoms with Crippen LogP contribution in [0, 0.1) is 0 Å². The van der Waals surface area contributed by atoms with Gasteiger partial charge in [-0.1, -0.05) is 0 Å². The molecule has 3 aromatic rings. The fraction of sp³-hybridized carbons (Fsp3) is 0.167. The first-order valence-corrected chi connectivity index (χ1v) is 7.31. The van der Waals surface area contributed by atoms with Crippen LogP contribution in [0.4, 0.5) is 0 Å².